The van der Waals surface area contributed by atoms with Gasteiger partial charge in [-0.3, -0.25) is 0 Å². The lowest BCUT2D eigenvalue weighted by atomic mass is 10.3. The lowest BCUT2D eigenvalue weighted by Gasteiger charge is -2.34. The van der Waals surface area contributed by atoms with Gasteiger partial charge in [-0.05, 0) is 36.4 Å². The standard InChI is InChI=1S/C18H18FN5O2S/c19-15-3-5-16(6-4-15)27(25,26)24-11-9-23(10-12-24)18-13-17(20-14-21-18)22-7-1-2-8-22/h1-8,13-14H,9-12H2. The second-order valence-corrected chi connectivity index (χ2v) is 8.11. The zero-order valence-corrected chi connectivity index (χ0v) is 15.3. The summed E-state index contributed by atoms with van der Waals surface area (Å²) < 4.78 is 41.8. The Balaban J connectivity index is 1.48. The van der Waals surface area contributed by atoms with Crippen LogP contribution in [0.1, 0.15) is 0 Å². The minimum absolute atomic E-state index is 0.106. The summed E-state index contributed by atoms with van der Waals surface area (Å²) in [5, 5.41) is 0. The molecule has 1 saturated heterocycles. The molecule has 1 aliphatic heterocycles. The van der Waals surface area contributed by atoms with Gasteiger partial charge in [-0.25, -0.2) is 22.8 Å². The highest BCUT2D eigenvalue weighted by Crippen LogP contribution is 2.21. The van der Waals surface area contributed by atoms with Gasteiger partial charge in [0, 0.05) is 44.6 Å². The van der Waals surface area contributed by atoms with E-state index < -0.39 is 15.8 Å². The SMILES string of the molecule is O=S(=O)(c1ccc(F)cc1)N1CCN(c2cc(-n3cccc3)ncn2)CC1. The van der Waals surface area contributed by atoms with Crippen molar-refractivity contribution < 1.29 is 12.8 Å². The van der Waals surface area contributed by atoms with Crippen LogP contribution < -0.4 is 4.90 Å². The van der Waals surface area contributed by atoms with Crippen LogP contribution in [0.5, 0.6) is 0 Å². The van der Waals surface area contributed by atoms with Crippen LogP contribution in [0.2, 0.25) is 0 Å². The van der Waals surface area contributed by atoms with Gasteiger partial charge >= 0.3 is 0 Å². The van der Waals surface area contributed by atoms with Crippen molar-refractivity contribution in [3.63, 3.8) is 0 Å². The summed E-state index contributed by atoms with van der Waals surface area (Å²) >= 11 is 0. The molecule has 0 radical (unpaired) electrons. The molecule has 0 aliphatic carbocycles. The molecule has 1 fully saturated rings. The molecule has 0 atom stereocenters. The summed E-state index contributed by atoms with van der Waals surface area (Å²) in [6, 6.07) is 10.6. The van der Waals surface area contributed by atoms with Crippen LogP contribution in [-0.4, -0.2) is 53.4 Å². The number of sulfonamides is 1. The van der Waals surface area contributed by atoms with Crippen molar-refractivity contribution in [1.29, 1.82) is 0 Å². The van der Waals surface area contributed by atoms with Crippen molar-refractivity contribution in [1.82, 2.24) is 18.8 Å². The minimum atomic E-state index is -3.62. The number of benzene rings is 1. The molecule has 27 heavy (non-hydrogen) atoms. The number of hydrogen-bond donors (Lipinski definition) is 0. The van der Waals surface area contributed by atoms with Crippen LogP contribution >= 0.6 is 0 Å². The zero-order valence-electron chi connectivity index (χ0n) is 14.4. The van der Waals surface area contributed by atoms with E-state index in [4.69, 9.17) is 0 Å². The summed E-state index contributed by atoms with van der Waals surface area (Å²) in [6.45, 7) is 1.70. The second-order valence-electron chi connectivity index (χ2n) is 6.17. The third-order valence-corrected chi connectivity index (χ3v) is 6.43. The summed E-state index contributed by atoms with van der Waals surface area (Å²) in [7, 11) is -3.62. The molecule has 1 aromatic carbocycles. The molecular formula is C18H18FN5O2S. The lowest BCUT2D eigenvalue weighted by Crippen LogP contribution is -2.48. The van der Waals surface area contributed by atoms with Gasteiger partial charge in [0.25, 0.3) is 0 Å². The molecule has 0 bridgehead atoms. The van der Waals surface area contributed by atoms with Gasteiger partial charge in [-0.1, -0.05) is 0 Å². The van der Waals surface area contributed by atoms with Gasteiger partial charge < -0.3 is 9.47 Å². The number of aromatic nitrogens is 3. The monoisotopic (exact) mass is 387 g/mol. The fourth-order valence-electron chi connectivity index (χ4n) is 3.05. The fourth-order valence-corrected chi connectivity index (χ4v) is 4.47. The van der Waals surface area contributed by atoms with Gasteiger partial charge in [0.2, 0.25) is 10.0 Å². The summed E-state index contributed by atoms with van der Waals surface area (Å²) in [5.41, 5.74) is 0. The van der Waals surface area contributed by atoms with E-state index in [9.17, 15) is 12.8 Å². The van der Waals surface area contributed by atoms with Crippen molar-refractivity contribution in [3.05, 3.63) is 67.0 Å². The lowest BCUT2D eigenvalue weighted by molar-refractivity contribution is 0.383. The van der Waals surface area contributed by atoms with Gasteiger partial charge in [-0.2, -0.15) is 4.31 Å². The number of rotatable bonds is 4. The van der Waals surface area contributed by atoms with Gasteiger partial charge in [0.1, 0.15) is 23.8 Å². The Morgan fingerprint density at radius 1 is 0.889 bits per heavy atom. The Bertz CT molecular complexity index is 1010. The summed E-state index contributed by atoms with van der Waals surface area (Å²) in [5.74, 6) is 1.06. The van der Waals surface area contributed by atoms with Crippen LogP contribution in [0.15, 0.2) is 66.1 Å². The number of hydrogen-bond acceptors (Lipinski definition) is 5. The number of nitrogens with zero attached hydrogens (tertiary/aromatic N) is 5. The van der Waals surface area contributed by atoms with E-state index in [-0.39, 0.29) is 4.90 Å². The molecule has 1 aliphatic rings. The first kappa shape index (κ1) is 17.6. The van der Waals surface area contributed by atoms with Crippen LogP contribution in [0.3, 0.4) is 0 Å². The van der Waals surface area contributed by atoms with E-state index in [0.29, 0.717) is 26.2 Å². The third kappa shape index (κ3) is 3.56. The molecule has 9 heteroatoms. The number of piperazine rings is 1. The molecule has 7 nitrogen and oxygen atoms in total. The number of anilines is 1. The van der Waals surface area contributed by atoms with Crippen molar-refractivity contribution >= 4 is 15.8 Å². The first-order valence-corrected chi connectivity index (χ1v) is 9.94. The fraction of sp³-hybridized carbons (Fsp3) is 0.222. The second kappa shape index (κ2) is 7.09. The maximum atomic E-state index is 13.1. The predicted molar refractivity (Wildman–Crippen MR) is 98.7 cm³/mol. The maximum Gasteiger partial charge on any atom is 0.243 e. The Morgan fingerprint density at radius 3 is 2.19 bits per heavy atom. The molecule has 3 aromatic rings. The van der Waals surface area contributed by atoms with Crippen LogP contribution in [0.4, 0.5) is 10.2 Å². The van der Waals surface area contributed by atoms with E-state index in [1.807, 2.05) is 40.1 Å². The van der Waals surface area contributed by atoms with Gasteiger partial charge in [0.15, 0.2) is 0 Å². The topological polar surface area (TPSA) is 71.3 Å². The Labute approximate surface area is 156 Å². The van der Waals surface area contributed by atoms with Gasteiger partial charge in [0.05, 0.1) is 4.90 Å². The van der Waals surface area contributed by atoms with Crippen LogP contribution in [-0.2, 0) is 10.0 Å². The average molecular weight is 387 g/mol. The molecule has 0 spiro atoms. The largest absolute Gasteiger partial charge is 0.354 e. The number of halogens is 1. The smallest absolute Gasteiger partial charge is 0.243 e. The van der Waals surface area contributed by atoms with E-state index >= 15 is 0 Å². The van der Waals surface area contributed by atoms with E-state index in [0.717, 1.165) is 23.8 Å². The minimum Gasteiger partial charge on any atom is -0.354 e. The highest BCUT2D eigenvalue weighted by molar-refractivity contribution is 7.89. The normalized spacial score (nSPS) is 15.8. The maximum absolute atomic E-state index is 13.1. The first-order valence-electron chi connectivity index (χ1n) is 8.50. The highest BCUT2D eigenvalue weighted by Gasteiger charge is 2.29. The molecule has 0 unspecified atom stereocenters. The molecule has 0 saturated carbocycles. The van der Waals surface area contributed by atoms with Gasteiger partial charge in [-0.15, -0.1) is 0 Å². The van der Waals surface area contributed by atoms with E-state index in [1.165, 1.54) is 22.8 Å². The molecule has 0 N–H and O–H groups in total. The molecule has 3 heterocycles. The highest BCUT2D eigenvalue weighted by atomic mass is 32.2. The molecule has 0 amide bonds. The quantitative estimate of drug-likeness (QED) is 0.684. The predicted octanol–water partition coefficient (Wildman–Crippen LogP) is 1.92. The van der Waals surface area contributed by atoms with E-state index in [1.54, 1.807) is 0 Å². The van der Waals surface area contributed by atoms with Crippen molar-refractivity contribution in [2.24, 2.45) is 0 Å². The Hall–Kier alpha value is -2.78. The average Bonchev–Trinajstić information content (AvgIpc) is 3.23. The first-order chi connectivity index (χ1) is 13.0. The van der Waals surface area contributed by atoms with Crippen LogP contribution in [0.25, 0.3) is 5.82 Å². The van der Waals surface area contributed by atoms with Crippen molar-refractivity contribution in [2.45, 2.75) is 4.90 Å². The molecule has 140 valence electrons. The summed E-state index contributed by atoms with van der Waals surface area (Å²) in [4.78, 5) is 10.7. The van der Waals surface area contributed by atoms with Crippen molar-refractivity contribution in [3.8, 4) is 5.82 Å². The van der Waals surface area contributed by atoms with E-state index in [2.05, 4.69) is 9.97 Å². The Kier molecular flexibility index (Phi) is 4.63. The third-order valence-electron chi connectivity index (χ3n) is 4.52. The molecular weight excluding hydrogens is 369 g/mol. The summed E-state index contributed by atoms with van der Waals surface area (Å²) in [6.07, 6.45) is 5.31. The Morgan fingerprint density at radius 2 is 1.52 bits per heavy atom. The zero-order chi connectivity index (χ0) is 18.9. The molecule has 2 aromatic heterocycles. The van der Waals surface area contributed by atoms with Crippen molar-refractivity contribution in [2.75, 3.05) is 31.1 Å². The van der Waals surface area contributed by atoms with Crippen LogP contribution in [0, 0.1) is 5.82 Å². The molecule has 4 rings (SSSR count).